The predicted octanol–water partition coefficient (Wildman–Crippen LogP) is 5.24. The molecule has 0 aliphatic carbocycles. The Balaban J connectivity index is 1.67. The summed E-state index contributed by atoms with van der Waals surface area (Å²) >= 11 is 6.02. The van der Waals surface area contributed by atoms with Crippen LogP contribution in [0, 0.1) is 0 Å². The zero-order valence-corrected chi connectivity index (χ0v) is 20.8. The largest absolute Gasteiger partial charge is 0.496 e. The number of hydrogen-bond acceptors (Lipinski definition) is 5. The summed E-state index contributed by atoms with van der Waals surface area (Å²) in [5, 5.41) is 12.6. The van der Waals surface area contributed by atoms with Crippen LogP contribution in [0.15, 0.2) is 60.7 Å². The molecule has 1 amide bonds. The van der Waals surface area contributed by atoms with Gasteiger partial charge in [0.05, 0.1) is 19.8 Å². The van der Waals surface area contributed by atoms with Gasteiger partial charge in [-0.3, -0.25) is 4.79 Å². The Labute approximate surface area is 209 Å². The van der Waals surface area contributed by atoms with Gasteiger partial charge in [0.1, 0.15) is 17.2 Å². The molecule has 3 rings (SSSR count). The summed E-state index contributed by atoms with van der Waals surface area (Å²) in [5.41, 5.74) is 1.83. The molecule has 0 bridgehead atoms. The molecular formula is C27H28ClNO6. The zero-order chi connectivity index (χ0) is 25.6. The Morgan fingerprint density at radius 1 is 0.943 bits per heavy atom. The average Bonchev–Trinajstić information content (AvgIpc) is 2.84. The van der Waals surface area contributed by atoms with E-state index in [2.05, 4.69) is 5.32 Å². The number of benzene rings is 3. The molecule has 0 radical (unpaired) electrons. The number of carboxylic acid groups (broad SMARTS) is 1. The molecule has 3 aromatic carbocycles. The van der Waals surface area contributed by atoms with Crippen LogP contribution in [0.4, 0.5) is 0 Å². The van der Waals surface area contributed by atoms with E-state index in [4.69, 9.17) is 25.8 Å². The first-order valence-corrected chi connectivity index (χ1v) is 11.3. The molecule has 184 valence electrons. The summed E-state index contributed by atoms with van der Waals surface area (Å²) in [7, 11) is 3.11. The third kappa shape index (κ3) is 6.45. The summed E-state index contributed by atoms with van der Waals surface area (Å²) < 4.78 is 16.4. The first kappa shape index (κ1) is 25.9. The Kier molecular flexibility index (Phi) is 8.25. The monoisotopic (exact) mass is 497 g/mol. The van der Waals surface area contributed by atoms with Crippen molar-refractivity contribution >= 4 is 23.5 Å². The molecule has 35 heavy (non-hydrogen) atoms. The van der Waals surface area contributed by atoms with Gasteiger partial charge >= 0.3 is 5.97 Å². The normalized spacial score (nSPS) is 11.0. The van der Waals surface area contributed by atoms with Crippen LogP contribution in [-0.4, -0.2) is 43.3 Å². The molecule has 8 heteroatoms. The van der Waals surface area contributed by atoms with E-state index in [1.165, 1.54) is 21.0 Å². The minimum absolute atomic E-state index is 0.263. The van der Waals surface area contributed by atoms with E-state index in [1.807, 2.05) is 30.3 Å². The SMILES string of the molecule is COc1ccc(Cl)cc1C(=O)NCCc1ccc(-c2ccc(OC(C)(C)C(=O)O)cc2)c(OC)c1. The van der Waals surface area contributed by atoms with Crippen LogP contribution in [0.3, 0.4) is 0 Å². The van der Waals surface area contributed by atoms with E-state index in [0.717, 1.165) is 16.7 Å². The number of carboxylic acids is 1. The predicted molar refractivity (Wildman–Crippen MR) is 135 cm³/mol. The fourth-order valence-corrected chi connectivity index (χ4v) is 3.62. The molecule has 2 N–H and O–H groups in total. The maximum atomic E-state index is 12.6. The van der Waals surface area contributed by atoms with Crippen LogP contribution in [0.1, 0.15) is 29.8 Å². The molecule has 0 aliphatic heterocycles. The number of amides is 1. The highest BCUT2D eigenvalue weighted by Crippen LogP contribution is 2.32. The van der Waals surface area contributed by atoms with Crippen LogP contribution in [0.5, 0.6) is 17.2 Å². The van der Waals surface area contributed by atoms with Gasteiger partial charge in [-0.25, -0.2) is 4.79 Å². The van der Waals surface area contributed by atoms with E-state index in [9.17, 15) is 14.7 Å². The lowest BCUT2D eigenvalue weighted by Crippen LogP contribution is -2.37. The van der Waals surface area contributed by atoms with Gasteiger partial charge in [-0.05, 0) is 67.8 Å². The molecule has 3 aromatic rings. The molecular weight excluding hydrogens is 470 g/mol. The van der Waals surface area contributed by atoms with Crippen molar-refractivity contribution in [2.75, 3.05) is 20.8 Å². The van der Waals surface area contributed by atoms with E-state index in [1.54, 1.807) is 37.4 Å². The Hall–Kier alpha value is -3.71. The maximum absolute atomic E-state index is 12.6. The maximum Gasteiger partial charge on any atom is 0.347 e. The van der Waals surface area contributed by atoms with Crippen molar-refractivity contribution in [3.05, 3.63) is 76.8 Å². The van der Waals surface area contributed by atoms with Gasteiger partial charge in [0.25, 0.3) is 5.91 Å². The van der Waals surface area contributed by atoms with E-state index >= 15 is 0 Å². The standard InChI is InChI=1S/C27H28ClNO6/c1-27(2,26(31)32)35-20-9-6-18(7-10-20)21-11-5-17(15-24(21)34-4)13-14-29-25(30)22-16-19(28)8-12-23(22)33-3/h5-12,15-16H,13-14H2,1-4H3,(H,29,30)(H,31,32). The summed E-state index contributed by atoms with van der Waals surface area (Å²) in [5.74, 6) is 0.303. The fourth-order valence-electron chi connectivity index (χ4n) is 3.44. The third-order valence-electron chi connectivity index (χ3n) is 5.42. The molecule has 0 saturated carbocycles. The van der Waals surface area contributed by atoms with Crippen molar-refractivity contribution in [3.8, 4) is 28.4 Å². The van der Waals surface area contributed by atoms with Gasteiger partial charge in [0.15, 0.2) is 5.60 Å². The van der Waals surface area contributed by atoms with Crippen molar-refractivity contribution in [1.29, 1.82) is 0 Å². The first-order chi connectivity index (χ1) is 16.6. The highest BCUT2D eigenvalue weighted by Gasteiger charge is 2.29. The number of nitrogens with one attached hydrogen (secondary N) is 1. The molecule has 0 saturated heterocycles. The quantitative estimate of drug-likeness (QED) is 0.398. The van der Waals surface area contributed by atoms with E-state index in [0.29, 0.717) is 40.8 Å². The average molecular weight is 498 g/mol. The molecule has 7 nitrogen and oxygen atoms in total. The minimum Gasteiger partial charge on any atom is -0.496 e. The highest BCUT2D eigenvalue weighted by atomic mass is 35.5. The first-order valence-electron chi connectivity index (χ1n) is 11.0. The Bertz CT molecular complexity index is 1210. The minimum atomic E-state index is -1.33. The summed E-state index contributed by atoms with van der Waals surface area (Å²) in [6.45, 7) is 3.42. The van der Waals surface area contributed by atoms with Gasteiger partial charge in [0, 0.05) is 17.1 Å². The molecule has 0 heterocycles. The van der Waals surface area contributed by atoms with Gasteiger partial charge < -0.3 is 24.6 Å². The Morgan fingerprint density at radius 3 is 2.26 bits per heavy atom. The second-order valence-corrected chi connectivity index (χ2v) is 8.76. The summed E-state index contributed by atoms with van der Waals surface area (Å²) in [6.07, 6.45) is 0.600. The van der Waals surface area contributed by atoms with Crippen molar-refractivity contribution in [2.24, 2.45) is 0 Å². The van der Waals surface area contributed by atoms with Gasteiger partial charge in [-0.2, -0.15) is 0 Å². The topological polar surface area (TPSA) is 94.1 Å². The zero-order valence-electron chi connectivity index (χ0n) is 20.1. The smallest absolute Gasteiger partial charge is 0.347 e. The third-order valence-corrected chi connectivity index (χ3v) is 5.66. The van der Waals surface area contributed by atoms with Gasteiger partial charge in [-0.15, -0.1) is 0 Å². The Morgan fingerprint density at radius 2 is 1.63 bits per heavy atom. The van der Waals surface area contributed by atoms with Crippen LogP contribution < -0.4 is 19.5 Å². The second kappa shape index (κ2) is 11.1. The number of methoxy groups -OCH3 is 2. The summed E-state index contributed by atoms with van der Waals surface area (Å²) in [4.78, 5) is 23.8. The van der Waals surface area contributed by atoms with Crippen molar-refractivity contribution in [1.82, 2.24) is 5.32 Å². The van der Waals surface area contributed by atoms with Crippen molar-refractivity contribution in [2.45, 2.75) is 25.9 Å². The number of carbonyl (C=O) groups excluding carboxylic acids is 1. The van der Waals surface area contributed by atoms with Crippen LogP contribution in [0.2, 0.25) is 5.02 Å². The van der Waals surface area contributed by atoms with Gasteiger partial charge in [0.2, 0.25) is 0 Å². The van der Waals surface area contributed by atoms with Crippen LogP contribution >= 0.6 is 11.6 Å². The lowest BCUT2D eigenvalue weighted by atomic mass is 10.0. The van der Waals surface area contributed by atoms with Crippen molar-refractivity contribution < 1.29 is 28.9 Å². The van der Waals surface area contributed by atoms with Crippen molar-refractivity contribution in [3.63, 3.8) is 0 Å². The molecule has 0 aromatic heterocycles. The van der Waals surface area contributed by atoms with E-state index in [-0.39, 0.29) is 5.91 Å². The molecule has 0 fully saturated rings. The number of hydrogen-bond donors (Lipinski definition) is 2. The molecule has 0 unspecified atom stereocenters. The lowest BCUT2D eigenvalue weighted by Gasteiger charge is -2.21. The molecule has 0 spiro atoms. The van der Waals surface area contributed by atoms with Crippen LogP contribution in [-0.2, 0) is 11.2 Å². The number of rotatable bonds is 10. The van der Waals surface area contributed by atoms with Crippen LogP contribution in [0.25, 0.3) is 11.1 Å². The highest BCUT2D eigenvalue weighted by molar-refractivity contribution is 6.31. The lowest BCUT2D eigenvalue weighted by molar-refractivity contribution is -0.152. The number of aliphatic carboxylic acids is 1. The fraction of sp³-hybridized carbons (Fsp3) is 0.259. The van der Waals surface area contributed by atoms with E-state index < -0.39 is 11.6 Å². The summed E-state index contributed by atoms with van der Waals surface area (Å²) in [6, 6.07) is 17.9. The number of ether oxygens (including phenoxy) is 3. The number of carbonyl (C=O) groups is 2. The van der Waals surface area contributed by atoms with Gasteiger partial charge in [-0.1, -0.05) is 35.9 Å². The molecule has 0 aliphatic rings. The number of halogens is 1. The molecule has 0 atom stereocenters. The second-order valence-electron chi connectivity index (χ2n) is 8.33.